The van der Waals surface area contributed by atoms with Crippen molar-refractivity contribution in [3.63, 3.8) is 0 Å². The second-order valence-electron chi connectivity index (χ2n) is 4.92. The fourth-order valence-corrected chi connectivity index (χ4v) is 3.16. The summed E-state index contributed by atoms with van der Waals surface area (Å²) in [5, 5.41) is 18.5. The van der Waals surface area contributed by atoms with E-state index in [4.69, 9.17) is 15.0 Å². The van der Waals surface area contributed by atoms with E-state index >= 15 is 0 Å². The monoisotopic (exact) mass is 407 g/mol. The highest BCUT2D eigenvalue weighted by atomic mass is 33.1. The summed E-state index contributed by atoms with van der Waals surface area (Å²) in [5.41, 5.74) is 0. The Morgan fingerprint density at radius 3 is 2.08 bits per heavy atom. The smallest absolute Gasteiger partial charge is 0.481 e. The number of alkyl halides is 3. The van der Waals surface area contributed by atoms with Gasteiger partial charge in [-0.3, -0.25) is 9.59 Å². The Bertz CT molecular complexity index is 408. The minimum atomic E-state index is -5.08. The molecule has 0 aliphatic rings. The van der Waals surface area contributed by atoms with Crippen LogP contribution >= 0.6 is 21.6 Å². The molecule has 6 nitrogen and oxygen atoms in total. The molecule has 0 heterocycles. The van der Waals surface area contributed by atoms with Crippen molar-refractivity contribution in [2.45, 2.75) is 45.7 Å². The third-order valence-electron chi connectivity index (χ3n) is 2.65. The number of carboxylic acid groups (broad SMARTS) is 2. The molecule has 0 saturated heterocycles. The molecule has 1 atom stereocenters. The van der Waals surface area contributed by atoms with Crippen LogP contribution in [0.3, 0.4) is 0 Å². The van der Waals surface area contributed by atoms with Gasteiger partial charge < -0.3 is 15.5 Å². The highest BCUT2D eigenvalue weighted by molar-refractivity contribution is 8.76. The highest BCUT2D eigenvalue weighted by Crippen LogP contribution is 2.21. The molecule has 0 fully saturated rings. The van der Waals surface area contributed by atoms with Crippen molar-refractivity contribution in [3.8, 4) is 0 Å². The van der Waals surface area contributed by atoms with Gasteiger partial charge in [-0.1, -0.05) is 48.3 Å². The minimum absolute atomic E-state index is 0.0922. The quantitative estimate of drug-likeness (QED) is 0.356. The van der Waals surface area contributed by atoms with E-state index < -0.39 is 18.1 Å². The number of carbonyl (C=O) groups is 3. The maximum atomic E-state index is 11.6. The van der Waals surface area contributed by atoms with E-state index in [2.05, 4.69) is 12.2 Å². The van der Waals surface area contributed by atoms with E-state index in [1.807, 2.05) is 6.92 Å². The van der Waals surface area contributed by atoms with Gasteiger partial charge in [0, 0.05) is 24.0 Å². The Kier molecular flexibility index (Phi) is 15.9. The summed E-state index contributed by atoms with van der Waals surface area (Å²) < 4.78 is 31.7. The molecule has 0 aromatic heterocycles. The summed E-state index contributed by atoms with van der Waals surface area (Å²) in [4.78, 5) is 30.8. The molecule has 0 saturated carbocycles. The second-order valence-corrected chi connectivity index (χ2v) is 7.63. The molecule has 1 amide bonds. The van der Waals surface area contributed by atoms with Crippen molar-refractivity contribution in [2.24, 2.45) is 5.92 Å². The Balaban J connectivity index is 0. The summed E-state index contributed by atoms with van der Waals surface area (Å²) in [5.74, 6) is -1.87. The molecule has 0 rings (SSSR count). The van der Waals surface area contributed by atoms with Gasteiger partial charge in [-0.25, -0.2) is 4.79 Å². The number of amides is 1. The van der Waals surface area contributed by atoms with Crippen LogP contribution in [0.5, 0.6) is 0 Å². The Hall–Kier alpha value is -1.10. The first-order valence-corrected chi connectivity index (χ1v) is 10.0. The zero-order chi connectivity index (χ0) is 19.9. The third-order valence-corrected chi connectivity index (χ3v) is 5.06. The number of nitrogens with one attached hydrogen (secondary N) is 1. The highest BCUT2D eigenvalue weighted by Gasteiger charge is 2.38. The number of hydrogen-bond acceptors (Lipinski definition) is 5. The Labute approximate surface area is 152 Å². The van der Waals surface area contributed by atoms with Crippen LogP contribution in [-0.4, -0.2) is 52.3 Å². The van der Waals surface area contributed by atoms with E-state index in [0.29, 0.717) is 12.3 Å². The number of halogens is 3. The van der Waals surface area contributed by atoms with Crippen molar-refractivity contribution in [3.05, 3.63) is 0 Å². The summed E-state index contributed by atoms with van der Waals surface area (Å²) >= 11 is 0. The van der Waals surface area contributed by atoms with Gasteiger partial charge in [-0.2, -0.15) is 13.2 Å². The molecule has 3 N–H and O–H groups in total. The molecule has 0 aromatic carbocycles. The Morgan fingerprint density at radius 2 is 1.64 bits per heavy atom. The van der Waals surface area contributed by atoms with Gasteiger partial charge in [-0.15, -0.1) is 0 Å². The summed E-state index contributed by atoms with van der Waals surface area (Å²) in [6, 6.07) is 0. The lowest BCUT2D eigenvalue weighted by atomic mass is 10.0. The number of aliphatic carboxylic acids is 2. The zero-order valence-electron chi connectivity index (χ0n) is 14.1. The predicted octanol–water partition coefficient (Wildman–Crippen LogP) is 3.42. The van der Waals surface area contributed by atoms with E-state index in [9.17, 15) is 22.8 Å². The van der Waals surface area contributed by atoms with E-state index in [1.165, 1.54) is 0 Å². The van der Waals surface area contributed by atoms with Crippen LogP contribution in [0.1, 0.15) is 39.5 Å². The fraction of sp³-hybridized carbons (Fsp3) is 0.786. The van der Waals surface area contributed by atoms with Gasteiger partial charge in [-0.05, 0) is 6.42 Å². The number of carbonyl (C=O) groups excluding carboxylic acids is 1. The molecule has 0 bridgehead atoms. The first kappa shape index (κ1) is 26.1. The lowest BCUT2D eigenvalue weighted by Gasteiger charge is -2.11. The number of rotatable bonds is 11. The average molecular weight is 407 g/mol. The van der Waals surface area contributed by atoms with Crippen LogP contribution in [0.15, 0.2) is 0 Å². The summed E-state index contributed by atoms with van der Waals surface area (Å²) in [6.07, 6.45) is -1.73. The van der Waals surface area contributed by atoms with Crippen LogP contribution in [0.25, 0.3) is 0 Å². The first-order valence-electron chi connectivity index (χ1n) is 7.56. The van der Waals surface area contributed by atoms with Crippen LogP contribution in [0, 0.1) is 5.92 Å². The van der Waals surface area contributed by atoms with E-state index in [1.54, 1.807) is 21.6 Å². The third kappa shape index (κ3) is 19.1. The minimum Gasteiger partial charge on any atom is -0.481 e. The molecule has 0 spiro atoms. The topological polar surface area (TPSA) is 104 Å². The van der Waals surface area contributed by atoms with Gasteiger partial charge in [0.05, 0.1) is 6.42 Å². The molecular weight excluding hydrogens is 383 g/mol. The maximum Gasteiger partial charge on any atom is 0.490 e. The second kappa shape index (κ2) is 15.2. The van der Waals surface area contributed by atoms with Crippen molar-refractivity contribution in [1.29, 1.82) is 0 Å². The van der Waals surface area contributed by atoms with Crippen LogP contribution in [0.4, 0.5) is 13.2 Å². The Morgan fingerprint density at radius 1 is 1.12 bits per heavy atom. The molecule has 11 heteroatoms. The normalized spacial score (nSPS) is 11.9. The number of unbranched alkanes of at least 4 members (excludes halogenated alkanes) is 1. The fourth-order valence-electron chi connectivity index (χ4n) is 1.28. The van der Waals surface area contributed by atoms with E-state index in [-0.39, 0.29) is 18.2 Å². The maximum absolute atomic E-state index is 11.6. The first-order chi connectivity index (χ1) is 11.5. The van der Waals surface area contributed by atoms with Gasteiger partial charge in [0.2, 0.25) is 5.91 Å². The molecule has 25 heavy (non-hydrogen) atoms. The lowest BCUT2D eigenvalue weighted by Crippen LogP contribution is -2.30. The number of hydrogen-bond donors (Lipinski definition) is 3. The summed E-state index contributed by atoms with van der Waals surface area (Å²) in [6.45, 7) is 4.73. The van der Waals surface area contributed by atoms with Crippen LogP contribution in [-0.2, 0) is 14.4 Å². The van der Waals surface area contributed by atoms with Crippen molar-refractivity contribution >= 4 is 39.4 Å². The van der Waals surface area contributed by atoms with Gasteiger partial charge in [0.15, 0.2) is 0 Å². The van der Waals surface area contributed by atoms with Crippen molar-refractivity contribution in [2.75, 3.05) is 18.1 Å². The average Bonchev–Trinajstić information content (AvgIpc) is 2.50. The molecule has 0 aromatic rings. The van der Waals surface area contributed by atoms with Crippen molar-refractivity contribution < 1.29 is 37.8 Å². The summed E-state index contributed by atoms with van der Waals surface area (Å²) in [7, 11) is 3.15. The molecule has 148 valence electrons. The van der Waals surface area contributed by atoms with Crippen LogP contribution in [0.2, 0.25) is 0 Å². The SMILES string of the molecule is CCCCC(C)C(=O)NCCSSCCC(=O)O.O=C(O)C(F)(F)F. The van der Waals surface area contributed by atoms with E-state index in [0.717, 1.165) is 25.0 Å². The van der Waals surface area contributed by atoms with Crippen LogP contribution < -0.4 is 5.32 Å². The lowest BCUT2D eigenvalue weighted by molar-refractivity contribution is -0.192. The predicted molar refractivity (Wildman–Crippen MR) is 92.6 cm³/mol. The molecule has 0 radical (unpaired) electrons. The van der Waals surface area contributed by atoms with Gasteiger partial charge in [0.1, 0.15) is 0 Å². The molecule has 0 aliphatic heterocycles. The zero-order valence-corrected chi connectivity index (χ0v) is 15.7. The van der Waals surface area contributed by atoms with Gasteiger partial charge in [0.25, 0.3) is 0 Å². The molecule has 0 aliphatic carbocycles. The van der Waals surface area contributed by atoms with Crippen molar-refractivity contribution in [1.82, 2.24) is 5.32 Å². The molecule has 1 unspecified atom stereocenters. The number of carboxylic acids is 2. The standard InChI is InChI=1S/C12H23NO3S2.C2HF3O2/c1-3-4-5-10(2)12(16)13-7-9-18-17-8-6-11(14)15;3-2(4,5)1(6)7/h10H,3-9H2,1-2H3,(H,13,16)(H,14,15);(H,6,7). The molecular formula is C14H24F3NO5S2. The largest absolute Gasteiger partial charge is 0.490 e. The van der Waals surface area contributed by atoms with Gasteiger partial charge >= 0.3 is 18.1 Å².